The molecule has 2 aliphatic rings. The van der Waals surface area contributed by atoms with Crippen LogP contribution in [0.2, 0.25) is 0 Å². The highest BCUT2D eigenvalue weighted by Gasteiger charge is 2.30. The minimum Gasteiger partial charge on any atom is -0.373 e. The van der Waals surface area contributed by atoms with Crippen molar-refractivity contribution in [2.24, 2.45) is 17.8 Å². The quantitative estimate of drug-likeness (QED) is 0.377. The maximum atomic E-state index is 5.65. The predicted octanol–water partition coefficient (Wildman–Crippen LogP) is 7.05. The van der Waals surface area contributed by atoms with E-state index in [4.69, 9.17) is 4.74 Å². The van der Waals surface area contributed by atoms with Gasteiger partial charge in [-0.3, -0.25) is 0 Å². The van der Waals surface area contributed by atoms with Crippen molar-refractivity contribution < 1.29 is 4.74 Å². The Hall–Kier alpha value is -1.34. The fraction of sp³-hybridized carbons (Fsp3) is 0.600. The summed E-state index contributed by atoms with van der Waals surface area (Å²) in [6.45, 7) is 7.43. The van der Waals surface area contributed by atoms with Gasteiger partial charge in [0.05, 0.1) is 13.2 Å². The van der Waals surface area contributed by atoms with Crippen LogP contribution < -0.4 is 0 Å². The second-order valence-corrected chi connectivity index (χ2v) is 8.35. The Morgan fingerprint density at radius 3 is 2.12 bits per heavy atom. The molecule has 1 aromatic carbocycles. The van der Waals surface area contributed by atoms with Crippen LogP contribution in [0.25, 0.3) is 0 Å². The van der Waals surface area contributed by atoms with Gasteiger partial charge in [-0.15, -0.1) is 6.58 Å². The van der Waals surface area contributed by atoms with Crippen LogP contribution in [0.15, 0.2) is 49.1 Å². The summed E-state index contributed by atoms with van der Waals surface area (Å²) in [6.07, 6.45) is 17.5. The molecule has 26 heavy (non-hydrogen) atoms. The number of hydrogen-bond acceptors (Lipinski definition) is 1. The molecule has 2 saturated carbocycles. The zero-order valence-corrected chi connectivity index (χ0v) is 16.5. The van der Waals surface area contributed by atoms with Crippen LogP contribution in [-0.2, 0) is 11.3 Å². The Morgan fingerprint density at radius 2 is 1.54 bits per heavy atom. The van der Waals surface area contributed by atoms with Crippen molar-refractivity contribution in [3.63, 3.8) is 0 Å². The first-order valence-corrected chi connectivity index (χ1v) is 10.7. The Kier molecular flexibility index (Phi) is 7.55. The molecule has 0 atom stereocenters. The minimum absolute atomic E-state index is 0.705. The van der Waals surface area contributed by atoms with Gasteiger partial charge in [0.1, 0.15) is 0 Å². The Morgan fingerprint density at radius 1 is 0.923 bits per heavy atom. The number of rotatable bonds is 7. The molecule has 0 unspecified atom stereocenters. The van der Waals surface area contributed by atoms with E-state index in [1.54, 1.807) is 0 Å². The van der Waals surface area contributed by atoms with Gasteiger partial charge >= 0.3 is 0 Å². The summed E-state index contributed by atoms with van der Waals surface area (Å²) in [6, 6.07) is 9.20. The van der Waals surface area contributed by atoms with Crippen molar-refractivity contribution in [1.29, 1.82) is 0 Å². The van der Waals surface area contributed by atoms with Crippen molar-refractivity contribution in [3.8, 4) is 0 Å². The Balaban J connectivity index is 1.43. The molecule has 0 bridgehead atoms. The highest BCUT2D eigenvalue weighted by atomic mass is 16.5. The smallest absolute Gasteiger partial charge is 0.0721 e. The van der Waals surface area contributed by atoms with Crippen molar-refractivity contribution in [2.45, 2.75) is 70.8 Å². The SMILES string of the molecule is C=C[C@H]1CC[C@H]([C@H]2CC[C@H](c3ccc(COCC=CC)cc3)CC2)CC1. The van der Waals surface area contributed by atoms with E-state index in [9.17, 15) is 0 Å². The van der Waals surface area contributed by atoms with Gasteiger partial charge in [-0.1, -0.05) is 42.5 Å². The summed E-state index contributed by atoms with van der Waals surface area (Å²) in [7, 11) is 0. The topological polar surface area (TPSA) is 9.23 Å². The molecule has 0 saturated heterocycles. The van der Waals surface area contributed by atoms with Crippen LogP contribution in [0.5, 0.6) is 0 Å². The van der Waals surface area contributed by atoms with Gasteiger partial charge < -0.3 is 4.74 Å². The summed E-state index contributed by atoms with van der Waals surface area (Å²) in [5.41, 5.74) is 2.82. The van der Waals surface area contributed by atoms with Crippen LogP contribution in [0.3, 0.4) is 0 Å². The standard InChI is InChI=1S/C25H36O/c1-3-5-18-26-19-21-8-12-23(13-9-21)25-16-14-24(15-17-25)22-10-6-20(4-2)7-11-22/h3-5,8-9,12-13,20,22,24-25H,2,6-7,10-11,14-19H2,1H3/t20-,22-,24-,25-. The van der Waals surface area contributed by atoms with E-state index in [1.165, 1.54) is 62.5 Å². The molecule has 1 heteroatoms. The molecule has 142 valence electrons. The molecule has 0 spiro atoms. The molecule has 3 rings (SSSR count). The lowest BCUT2D eigenvalue weighted by molar-refractivity contribution is 0.148. The van der Waals surface area contributed by atoms with E-state index in [0.29, 0.717) is 13.2 Å². The second-order valence-electron chi connectivity index (χ2n) is 8.35. The minimum atomic E-state index is 0.705. The predicted molar refractivity (Wildman–Crippen MR) is 111 cm³/mol. The molecular weight excluding hydrogens is 316 g/mol. The summed E-state index contributed by atoms with van der Waals surface area (Å²) in [4.78, 5) is 0. The number of hydrogen-bond donors (Lipinski definition) is 0. The lowest BCUT2D eigenvalue weighted by Gasteiger charge is -2.37. The molecule has 0 radical (unpaired) electrons. The van der Waals surface area contributed by atoms with Crippen molar-refractivity contribution in [3.05, 3.63) is 60.2 Å². The third-order valence-electron chi connectivity index (χ3n) is 6.76. The molecule has 0 aliphatic heterocycles. The van der Waals surface area contributed by atoms with Crippen molar-refractivity contribution >= 4 is 0 Å². The molecule has 0 amide bonds. The monoisotopic (exact) mass is 352 g/mol. The highest BCUT2D eigenvalue weighted by molar-refractivity contribution is 5.25. The number of benzene rings is 1. The average molecular weight is 353 g/mol. The molecule has 0 heterocycles. The fourth-order valence-electron chi connectivity index (χ4n) is 5.00. The van der Waals surface area contributed by atoms with E-state index in [2.05, 4.69) is 43.0 Å². The Bertz CT molecular complexity index is 554. The average Bonchev–Trinajstić information content (AvgIpc) is 2.72. The largest absolute Gasteiger partial charge is 0.373 e. The maximum absolute atomic E-state index is 5.65. The number of allylic oxidation sites excluding steroid dienone is 2. The Labute approximate surface area is 160 Å². The third kappa shape index (κ3) is 5.33. The van der Waals surface area contributed by atoms with Crippen LogP contribution in [0, 0.1) is 17.8 Å². The summed E-state index contributed by atoms with van der Waals surface area (Å²) in [5, 5.41) is 0. The second kappa shape index (κ2) is 10.1. The van der Waals surface area contributed by atoms with Crippen LogP contribution >= 0.6 is 0 Å². The molecule has 0 aromatic heterocycles. The molecule has 1 nitrogen and oxygen atoms in total. The molecule has 1 aromatic rings. The maximum Gasteiger partial charge on any atom is 0.0721 e. The van der Waals surface area contributed by atoms with E-state index < -0.39 is 0 Å². The summed E-state index contributed by atoms with van der Waals surface area (Å²) < 4.78 is 5.65. The molecule has 0 N–H and O–H groups in total. The van der Waals surface area contributed by atoms with Gasteiger partial charge in [0.2, 0.25) is 0 Å². The van der Waals surface area contributed by atoms with Gasteiger partial charge in [-0.2, -0.15) is 0 Å². The van der Waals surface area contributed by atoms with E-state index >= 15 is 0 Å². The molecule has 2 aliphatic carbocycles. The van der Waals surface area contributed by atoms with Gasteiger partial charge in [0.15, 0.2) is 0 Å². The first-order valence-electron chi connectivity index (χ1n) is 10.7. The normalized spacial score (nSPS) is 29.7. The van der Waals surface area contributed by atoms with Gasteiger partial charge in [0.25, 0.3) is 0 Å². The van der Waals surface area contributed by atoms with Crippen LogP contribution in [-0.4, -0.2) is 6.61 Å². The zero-order chi connectivity index (χ0) is 18.2. The lowest BCUT2D eigenvalue weighted by Crippen LogP contribution is -2.25. The van der Waals surface area contributed by atoms with Crippen LogP contribution in [0.1, 0.15) is 75.3 Å². The summed E-state index contributed by atoms with van der Waals surface area (Å²) >= 11 is 0. The number of ether oxygens (including phenoxy) is 1. The first kappa shape index (κ1) is 19.4. The first-order chi connectivity index (χ1) is 12.8. The van der Waals surface area contributed by atoms with Crippen molar-refractivity contribution in [1.82, 2.24) is 0 Å². The van der Waals surface area contributed by atoms with E-state index in [-0.39, 0.29) is 0 Å². The van der Waals surface area contributed by atoms with Gasteiger partial charge in [-0.25, -0.2) is 0 Å². The van der Waals surface area contributed by atoms with Crippen LogP contribution in [0.4, 0.5) is 0 Å². The van der Waals surface area contributed by atoms with Gasteiger partial charge in [0, 0.05) is 0 Å². The van der Waals surface area contributed by atoms with Gasteiger partial charge in [-0.05, 0) is 93.1 Å². The fourth-order valence-corrected chi connectivity index (χ4v) is 5.00. The van der Waals surface area contributed by atoms with E-state index in [1.807, 2.05) is 13.0 Å². The third-order valence-corrected chi connectivity index (χ3v) is 6.76. The van der Waals surface area contributed by atoms with Crippen molar-refractivity contribution in [2.75, 3.05) is 6.61 Å². The molecule has 2 fully saturated rings. The molecular formula is C25H36O. The summed E-state index contributed by atoms with van der Waals surface area (Å²) in [5.74, 6) is 3.54. The van der Waals surface area contributed by atoms with E-state index in [0.717, 1.165) is 23.7 Å². The highest BCUT2D eigenvalue weighted by Crippen LogP contribution is 2.44. The lowest BCUT2D eigenvalue weighted by atomic mass is 9.68. The zero-order valence-electron chi connectivity index (χ0n) is 16.5.